The van der Waals surface area contributed by atoms with Crippen molar-refractivity contribution in [3.63, 3.8) is 0 Å². The molecule has 8 heteroatoms. The van der Waals surface area contributed by atoms with E-state index in [1.54, 1.807) is 6.92 Å². The zero-order valence-electron chi connectivity index (χ0n) is 12.2. The fourth-order valence-electron chi connectivity index (χ4n) is 1.87. The number of hydrogen-bond acceptors (Lipinski definition) is 3. The monoisotopic (exact) mass is 624 g/mol. The molecule has 0 aromatic carbocycles. The average Bonchev–Trinajstić information content (AvgIpc) is 2.32. The SMILES string of the molecule is CC(C(=O)O)N1CC[N-]CCN(C)CC[N-]CC1.[W].[W]. The second-order valence-corrected chi connectivity index (χ2v) is 4.70. The Morgan fingerprint density at radius 1 is 1.00 bits per heavy atom. The molecule has 6 nitrogen and oxygen atoms in total. The molecule has 1 unspecified atom stereocenters. The molecule has 1 N–H and O–H groups in total. The van der Waals surface area contributed by atoms with Gasteiger partial charge >= 0.3 is 5.97 Å². The van der Waals surface area contributed by atoms with E-state index in [1.165, 1.54) is 0 Å². The number of likely N-dealkylation sites (N-methyl/N-ethyl adjacent to an activating group) is 1. The van der Waals surface area contributed by atoms with Crippen LogP contribution in [0.1, 0.15) is 6.92 Å². The van der Waals surface area contributed by atoms with Crippen molar-refractivity contribution in [1.29, 1.82) is 0 Å². The third-order valence-electron chi connectivity index (χ3n) is 3.28. The van der Waals surface area contributed by atoms with E-state index >= 15 is 0 Å². The van der Waals surface area contributed by atoms with Crippen LogP contribution in [0.25, 0.3) is 10.6 Å². The normalized spacial score (nSPS) is 21.5. The zero-order chi connectivity index (χ0) is 13.4. The molecule has 0 bridgehead atoms. The Morgan fingerprint density at radius 3 is 1.80 bits per heavy atom. The summed E-state index contributed by atoms with van der Waals surface area (Å²) in [5, 5.41) is 17.9. The minimum absolute atomic E-state index is 0. The topological polar surface area (TPSA) is 72.0 Å². The summed E-state index contributed by atoms with van der Waals surface area (Å²) >= 11 is 0. The van der Waals surface area contributed by atoms with E-state index in [0.717, 1.165) is 26.2 Å². The molecule has 0 aromatic rings. The summed E-state index contributed by atoms with van der Waals surface area (Å²) in [6.45, 7) is 8.05. The molecule has 1 rings (SSSR count). The molecule has 1 heterocycles. The van der Waals surface area contributed by atoms with Crippen LogP contribution < -0.4 is 0 Å². The first kappa shape index (κ1) is 23.0. The standard InChI is InChI=1S/C12H24N4O2.2W/c1-11(12(17)18)16-9-5-13-3-7-15(2)8-4-14-6-10-16;;/h11H,3-10H2,1-2H3,(H,17,18);;/q-2;;. The predicted molar refractivity (Wildman–Crippen MR) is 72.4 cm³/mol. The van der Waals surface area contributed by atoms with Crippen LogP contribution in [0, 0.1) is 0 Å². The number of nitrogens with zero attached hydrogens (tertiary/aromatic N) is 4. The third kappa shape index (κ3) is 9.59. The van der Waals surface area contributed by atoms with E-state index in [-0.39, 0.29) is 42.1 Å². The summed E-state index contributed by atoms with van der Waals surface area (Å²) in [7, 11) is 2.08. The van der Waals surface area contributed by atoms with Crippen LogP contribution in [0.15, 0.2) is 0 Å². The first-order chi connectivity index (χ1) is 8.61. The van der Waals surface area contributed by atoms with Crippen LogP contribution in [-0.4, -0.2) is 86.3 Å². The fourth-order valence-corrected chi connectivity index (χ4v) is 1.87. The number of aliphatic carboxylic acids is 1. The van der Waals surface area contributed by atoms with Crippen molar-refractivity contribution < 1.29 is 52.0 Å². The molecule has 0 amide bonds. The van der Waals surface area contributed by atoms with Crippen LogP contribution in [0.4, 0.5) is 0 Å². The molecular formula is C12H24N4O2W2-2. The van der Waals surface area contributed by atoms with Crippen molar-refractivity contribution in [3.05, 3.63) is 10.6 Å². The zero-order valence-corrected chi connectivity index (χ0v) is 18.1. The Morgan fingerprint density at radius 2 is 1.40 bits per heavy atom. The number of carboxylic acids is 1. The van der Waals surface area contributed by atoms with Crippen molar-refractivity contribution in [2.24, 2.45) is 0 Å². The second kappa shape index (κ2) is 13.4. The Kier molecular flexibility index (Phi) is 15.3. The maximum absolute atomic E-state index is 11.0. The summed E-state index contributed by atoms with van der Waals surface area (Å²) in [5.41, 5.74) is 0. The van der Waals surface area contributed by atoms with Gasteiger partial charge < -0.3 is 20.6 Å². The molecular weight excluding hydrogens is 600 g/mol. The first-order valence-electron chi connectivity index (χ1n) is 6.53. The molecule has 1 fully saturated rings. The van der Waals surface area contributed by atoms with E-state index in [9.17, 15) is 4.79 Å². The number of carbonyl (C=O) groups is 1. The molecule has 20 heavy (non-hydrogen) atoms. The van der Waals surface area contributed by atoms with Crippen molar-refractivity contribution >= 4 is 5.97 Å². The number of rotatable bonds is 2. The van der Waals surface area contributed by atoms with Gasteiger partial charge in [0, 0.05) is 42.1 Å². The predicted octanol–water partition coefficient (Wildman–Crippen LogP) is 0.449. The van der Waals surface area contributed by atoms with Crippen LogP contribution in [0.2, 0.25) is 0 Å². The van der Waals surface area contributed by atoms with E-state index in [1.807, 2.05) is 4.90 Å². The Hall–Kier alpha value is 0.687. The summed E-state index contributed by atoms with van der Waals surface area (Å²) in [6, 6.07) is -0.457. The van der Waals surface area contributed by atoms with Crippen molar-refractivity contribution in [3.8, 4) is 0 Å². The molecule has 1 aliphatic heterocycles. The van der Waals surface area contributed by atoms with E-state index < -0.39 is 12.0 Å². The molecule has 0 saturated carbocycles. The quantitative estimate of drug-likeness (QED) is 0.485. The minimum atomic E-state index is -0.776. The Labute approximate surface area is 150 Å². The van der Waals surface area contributed by atoms with Gasteiger partial charge in [0.25, 0.3) is 0 Å². The molecule has 1 aliphatic rings. The van der Waals surface area contributed by atoms with Crippen LogP contribution in [0.3, 0.4) is 0 Å². The summed E-state index contributed by atoms with van der Waals surface area (Å²) in [6.07, 6.45) is 0. The molecule has 1 atom stereocenters. The van der Waals surface area contributed by atoms with Gasteiger partial charge in [0.05, 0.1) is 0 Å². The molecule has 118 valence electrons. The average molecular weight is 624 g/mol. The molecule has 1 saturated heterocycles. The van der Waals surface area contributed by atoms with E-state index in [2.05, 4.69) is 22.6 Å². The van der Waals surface area contributed by atoms with Gasteiger partial charge in [-0.15, -0.1) is 26.2 Å². The molecule has 0 spiro atoms. The van der Waals surface area contributed by atoms with Crippen LogP contribution in [-0.2, 0) is 46.9 Å². The van der Waals surface area contributed by atoms with Gasteiger partial charge in [-0.1, -0.05) is 0 Å². The van der Waals surface area contributed by atoms with Crippen molar-refractivity contribution in [1.82, 2.24) is 9.80 Å². The number of hydrogen-bond donors (Lipinski definition) is 1. The van der Waals surface area contributed by atoms with Crippen molar-refractivity contribution in [2.75, 3.05) is 59.4 Å². The smallest absolute Gasteiger partial charge is 0.320 e. The van der Waals surface area contributed by atoms with Gasteiger partial charge in [0.15, 0.2) is 0 Å². The van der Waals surface area contributed by atoms with Crippen molar-refractivity contribution in [2.45, 2.75) is 13.0 Å². The Balaban J connectivity index is 0. The van der Waals surface area contributed by atoms with Gasteiger partial charge in [-0.25, -0.2) is 0 Å². The first-order valence-corrected chi connectivity index (χ1v) is 6.53. The van der Waals surface area contributed by atoms with Gasteiger partial charge in [0.2, 0.25) is 0 Å². The van der Waals surface area contributed by atoms with Gasteiger partial charge in [-0.05, 0) is 40.2 Å². The minimum Gasteiger partial charge on any atom is -0.660 e. The molecule has 0 aromatic heterocycles. The molecule has 0 aliphatic carbocycles. The van der Waals surface area contributed by atoms with E-state index in [0.29, 0.717) is 26.2 Å². The second-order valence-electron chi connectivity index (χ2n) is 4.70. The summed E-state index contributed by atoms with van der Waals surface area (Å²) in [5.74, 6) is -0.776. The maximum atomic E-state index is 11.0. The summed E-state index contributed by atoms with van der Waals surface area (Å²) < 4.78 is 0. The van der Waals surface area contributed by atoms with Gasteiger partial charge in [-0.2, -0.15) is 0 Å². The maximum Gasteiger partial charge on any atom is 0.320 e. The van der Waals surface area contributed by atoms with Gasteiger partial charge in [0.1, 0.15) is 6.04 Å². The largest absolute Gasteiger partial charge is 0.660 e. The Bertz CT molecular complexity index is 246. The van der Waals surface area contributed by atoms with E-state index in [4.69, 9.17) is 5.11 Å². The van der Waals surface area contributed by atoms with Gasteiger partial charge in [-0.3, -0.25) is 9.69 Å². The molecule has 0 radical (unpaired) electrons. The summed E-state index contributed by atoms with van der Waals surface area (Å²) in [4.78, 5) is 15.2. The number of carboxylic acid groups (broad SMARTS) is 1. The van der Waals surface area contributed by atoms with Crippen LogP contribution >= 0.6 is 0 Å². The van der Waals surface area contributed by atoms with Crippen LogP contribution in [0.5, 0.6) is 0 Å². The third-order valence-corrected chi connectivity index (χ3v) is 3.28. The fraction of sp³-hybridized carbons (Fsp3) is 0.917.